The van der Waals surface area contributed by atoms with E-state index in [1.54, 1.807) is 23.5 Å². The lowest BCUT2D eigenvalue weighted by Gasteiger charge is -2.42. The summed E-state index contributed by atoms with van der Waals surface area (Å²) in [6, 6.07) is 16.3. The van der Waals surface area contributed by atoms with Crippen molar-refractivity contribution >= 4 is 29.3 Å². The fourth-order valence-corrected chi connectivity index (χ4v) is 4.22. The van der Waals surface area contributed by atoms with Gasteiger partial charge in [0.15, 0.2) is 5.78 Å². The van der Waals surface area contributed by atoms with Crippen molar-refractivity contribution in [3.8, 4) is 0 Å². The molecule has 0 bridgehead atoms. The van der Waals surface area contributed by atoms with Crippen molar-refractivity contribution in [2.45, 2.75) is 22.3 Å². The number of rotatable bonds is 6. The van der Waals surface area contributed by atoms with Gasteiger partial charge in [-0.15, -0.1) is 23.5 Å². The fraction of sp³-hybridized carbons (Fsp3) is 0.381. The number of ketones is 1. The predicted octanol–water partition coefficient (Wildman–Crippen LogP) is 4.56. The second kappa shape index (κ2) is 8.61. The van der Waals surface area contributed by atoms with E-state index in [0.29, 0.717) is 13.2 Å². The largest absolute Gasteiger partial charge is 0.379 e. The molecule has 0 saturated carbocycles. The van der Waals surface area contributed by atoms with Crippen molar-refractivity contribution in [2.24, 2.45) is 0 Å². The highest BCUT2D eigenvalue weighted by Crippen LogP contribution is 2.34. The minimum atomic E-state index is -0.693. The van der Waals surface area contributed by atoms with Crippen LogP contribution in [0, 0.1) is 0 Å². The molecule has 1 fully saturated rings. The molecule has 0 N–H and O–H groups in total. The third-order valence-electron chi connectivity index (χ3n) is 5.09. The average Bonchev–Trinajstić information content (AvgIpc) is 2.73. The van der Waals surface area contributed by atoms with Gasteiger partial charge in [0.05, 0.1) is 13.2 Å². The number of morpholine rings is 1. The van der Waals surface area contributed by atoms with Crippen LogP contribution in [0.15, 0.2) is 58.3 Å². The van der Waals surface area contributed by atoms with Gasteiger partial charge in [0.2, 0.25) is 0 Å². The van der Waals surface area contributed by atoms with E-state index in [2.05, 4.69) is 42.3 Å². The van der Waals surface area contributed by atoms with Crippen molar-refractivity contribution < 1.29 is 9.53 Å². The van der Waals surface area contributed by atoms with Crippen molar-refractivity contribution in [2.75, 3.05) is 38.8 Å². The quantitative estimate of drug-likeness (QED) is 0.535. The van der Waals surface area contributed by atoms with E-state index in [9.17, 15) is 4.79 Å². The molecule has 5 heteroatoms. The Kier molecular flexibility index (Phi) is 6.46. The van der Waals surface area contributed by atoms with Gasteiger partial charge >= 0.3 is 0 Å². The normalized spacial score (nSPS) is 17.7. The Hall–Kier alpha value is -1.27. The first-order chi connectivity index (χ1) is 12.6. The van der Waals surface area contributed by atoms with Gasteiger partial charge in [0.1, 0.15) is 5.54 Å². The zero-order chi connectivity index (χ0) is 18.6. The summed E-state index contributed by atoms with van der Waals surface area (Å²) in [4.78, 5) is 18.3. The van der Waals surface area contributed by atoms with E-state index in [-0.39, 0.29) is 5.78 Å². The molecule has 0 spiro atoms. The summed E-state index contributed by atoms with van der Waals surface area (Å²) < 4.78 is 5.52. The first-order valence-electron chi connectivity index (χ1n) is 8.76. The van der Waals surface area contributed by atoms with Crippen molar-refractivity contribution in [3.63, 3.8) is 0 Å². The molecule has 3 nitrogen and oxygen atoms in total. The number of thioether (sulfide) groups is 2. The third-order valence-corrected chi connectivity index (χ3v) is 6.58. The Bertz CT molecular complexity index is 740. The lowest BCUT2D eigenvalue weighted by molar-refractivity contribution is -0.0111. The summed E-state index contributed by atoms with van der Waals surface area (Å²) in [5.41, 5.74) is 1.10. The van der Waals surface area contributed by atoms with Crippen LogP contribution >= 0.6 is 23.5 Å². The van der Waals surface area contributed by atoms with Gasteiger partial charge in [-0.25, -0.2) is 0 Å². The topological polar surface area (TPSA) is 29.5 Å². The summed E-state index contributed by atoms with van der Waals surface area (Å²) >= 11 is 3.40. The molecule has 1 aliphatic heterocycles. The Balaban J connectivity index is 2.01. The van der Waals surface area contributed by atoms with Crippen LogP contribution in [0.25, 0.3) is 0 Å². The minimum absolute atomic E-state index is 0.143. The molecule has 0 aromatic heterocycles. The fourth-order valence-electron chi connectivity index (χ4n) is 3.41. The molecule has 3 rings (SSSR count). The molecular formula is C21H25NO2S2. The van der Waals surface area contributed by atoms with Gasteiger partial charge in [-0.2, -0.15) is 0 Å². The van der Waals surface area contributed by atoms with Gasteiger partial charge < -0.3 is 4.74 Å². The Morgan fingerprint density at radius 2 is 1.42 bits per heavy atom. The highest BCUT2D eigenvalue weighted by molar-refractivity contribution is 7.98. The Morgan fingerprint density at radius 3 is 1.92 bits per heavy atom. The third kappa shape index (κ3) is 3.86. The SMILES string of the molecule is CSc1ccc(C(=O)C(C)(c2ccc(SC)cc2)N2CCOCC2)cc1. The standard InChI is InChI=1S/C21H25NO2S2/c1-21(22-12-14-24-15-13-22,17-6-10-19(26-3)11-7-17)20(23)16-4-8-18(25-2)9-5-16/h4-11H,12-15H2,1-3H3. The molecule has 138 valence electrons. The summed E-state index contributed by atoms with van der Waals surface area (Å²) in [5.74, 6) is 0.143. The highest BCUT2D eigenvalue weighted by Gasteiger charge is 2.42. The Morgan fingerprint density at radius 1 is 0.923 bits per heavy atom. The molecule has 1 aliphatic rings. The first-order valence-corrected chi connectivity index (χ1v) is 11.2. The molecule has 1 unspecified atom stereocenters. The van der Waals surface area contributed by atoms with Gasteiger partial charge in [-0.3, -0.25) is 9.69 Å². The zero-order valence-corrected chi connectivity index (χ0v) is 17.2. The number of ether oxygens (including phenoxy) is 1. The summed E-state index contributed by atoms with van der Waals surface area (Å²) in [5, 5.41) is 0. The highest BCUT2D eigenvalue weighted by atomic mass is 32.2. The second-order valence-corrected chi connectivity index (χ2v) is 8.22. The lowest BCUT2D eigenvalue weighted by atomic mass is 9.82. The van der Waals surface area contributed by atoms with Crippen LogP contribution in [0.1, 0.15) is 22.8 Å². The Labute approximate surface area is 164 Å². The monoisotopic (exact) mass is 387 g/mol. The zero-order valence-electron chi connectivity index (χ0n) is 15.5. The van der Waals surface area contributed by atoms with E-state index < -0.39 is 5.54 Å². The van der Waals surface area contributed by atoms with Crippen LogP contribution in [0.3, 0.4) is 0 Å². The molecule has 0 amide bonds. The number of benzene rings is 2. The summed E-state index contributed by atoms with van der Waals surface area (Å²) in [6.45, 7) is 4.90. The first kappa shape index (κ1) is 19.5. The van der Waals surface area contributed by atoms with Crippen LogP contribution < -0.4 is 0 Å². The summed E-state index contributed by atoms with van der Waals surface area (Å²) in [6.07, 6.45) is 4.11. The summed E-state index contributed by atoms with van der Waals surface area (Å²) in [7, 11) is 0. The number of hydrogen-bond donors (Lipinski definition) is 0. The number of nitrogens with zero attached hydrogens (tertiary/aromatic N) is 1. The van der Waals surface area contributed by atoms with Gasteiger partial charge in [-0.05, 0) is 49.3 Å². The maximum absolute atomic E-state index is 13.6. The van der Waals surface area contributed by atoms with Crippen LogP contribution in [-0.2, 0) is 10.3 Å². The maximum atomic E-state index is 13.6. The number of Topliss-reactive ketones (excluding diaryl/α,β-unsaturated/α-hetero) is 1. The minimum Gasteiger partial charge on any atom is -0.379 e. The molecule has 0 radical (unpaired) electrons. The van der Waals surface area contributed by atoms with Crippen LogP contribution in [0.5, 0.6) is 0 Å². The number of carbonyl (C=O) groups is 1. The molecule has 26 heavy (non-hydrogen) atoms. The smallest absolute Gasteiger partial charge is 0.187 e. The van der Waals surface area contributed by atoms with Crippen LogP contribution in [0.4, 0.5) is 0 Å². The number of hydrogen-bond acceptors (Lipinski definition) is 5. The van der Waals surface area contributed by atoms with E-state index in [1.165, 1.54) is 9.79 Å². The molecule has 0 aliphatic carbocycles. The number of carbonyl (C=O) groups excluding carboxylic acids is 1. The maximum Gasteiger partial charge on any atom is 0.187 e. The second-order valence-electron chi connectivity index (χ2n) is 6.46. The van der Waals surface area contributed by atoms with E-state index in [0.717, 1.165) is 24.2 Å². The van der Waals surface area contributed by atoms with E-state index in [1.807, 2.05) is 30.5 Å². The van der Waals surface area contributed by atoms with Gasteiger partial charge in [0.25, 0.3) is 0 Å². The van der Waals surface area contributed by atoms with Crippen molar-refractivity contribution in [1.29, 1.82) is 0 Å². The van der Waals surface area contributed by atoms with Crippen molar-refractivity contribution in [3.05, 3.63) is 59.7 Å². The van der Waals surface area contributed by atoms with Crippen LogP contribution in [-0.4, -0.2) is 49.5 Å². The van der Waals surface area contributed by atoms with Crippen molar-refractivity contribution in [1.82, 2.24) is 4.90 Å². The van der Waals surface area contributed by atoms with Gasteiger partial charge in [0, 0.05) is 28.4 Å². The predicted molar refractivity (Wildman–Crippen MR) is 111 cm³/mol. The molecule has 2 aromatic rings. The van der Waals surface area contributed by atoms with Gasteiger partial charge in [-0.1, -0.05) is 24.3 Å². The van der Waals surface area contributed by atoms with Crippen LogP contribution in [0.2, 0.25) is 0 Å². The molecular weight excluding hydrogens is 362 g/mol. The molecule has 1 saturated heterocycles. The molecule has 2 aromatic carbocycles. The lowest BCUT2D eigenvalue weighted by Crippen LogP contribution is -2.54. The molecule has 1 atom stereocenters. The molecule has 1 heterocycles. The van der Waals surface area contributed by atoms with E-state index >= 15 is 0 Å². The average molecular weight is 388 g/mol. The van der Waals surface area contributed by atoms with E-state index in [4.69, 9.17) is 4.74 Å².